The molecule has 0 unspecified atom stereocenters. The van der Waals surface area contributed by atoms with Crippen LogP contribution in [-0.2, 0) is 15.8 Å². The topological polar surface area (TPSA) is 60.3 Å². The molecule has 1 radical (unpaired) electrons. The number of hydrogen-bond acceptors (Lipinski definition) is 2. The molecule has 0 aromatic heterocycles. The summed E-state index contributed by atoms with van der Waals surface area (Å²) in [5.74, 6) is 0.0254. The maximum Gasteiger partial charge on any atom is 0.215 e. The lowest BCUT2D eigenvalue weighted by Gasteiger charge is -2.05. The summed E-state index contributed by atoms with van der Waals surface area (Å²) in [6.45, 7) is 0.875. The number of nitrogens with zero attached hydrogens (tertiary/aromatic N) is 1. The van der Waals surface area contributed by atoms with Gasteiger partial charge in [0.05, 0.1) is 5.75 Å². The third-order valence-electron chi connectivity index (χ3n) is 1.86. The largest absolute Gasteiger partial charge is 0.244 e. The molecule has 5 heteroatoms. The lowest BCUT2D eigenvalue weighted by atomic mass is 10.2. The number of nitrogens with one attached hydrogen (secondary N) is 1. The summed E-state index contributed by atoms with van der Waals surface area (Å²) in [5.41, 5.74) is 0.790. The summed E-state index contributed by atoms with van der Waals surface area (Å²) in [7, 11) is -1.56. The monoisotopic (exact) mass is 227 g/mol. The first-order chi connectivity index (χ1) is 7.14. The predicted octanol–water partition coefficient (Wildman–Crippen LogP) is 0.340. The molecule has 0 saturated carbocycles. The highest BCUT2D eigenvalue weighted by molar-refractivity contribution is 7.88. The van der Waals surface area contributed by atoms with Crippen LogP contribution >= 0.6 is 0 Å². The highest BCUT2D eigenvalue weighted by Crippen LogP contribution is 2.03. The Kier molecular flexibility index (Phi) is 4.74. The van der Waals surface area contributed by atoms with Crippen molar-refractivity contribution < 1.29 is 8.42 Å². The molecule has 1 aromatic carbocycles. The Bertz CT molecular complexity index is 376. The van der Waals surface area contributed by atoms with E-state index in [1.54, 1.807) is 19.2 Å². The first kappa shape index (κ1) is 12.2. The molecule has 1 rings (SSSR count). The summed E-state index contributed by atoms with van der Waals surface area (Å²) in [4.78, 5) is 0. The number of likely N-dealkylation sites (N-methyl/N-ethyl adjacent to an activating group) is 1. The first-order valence-electron chi connectivity index (χ1n) is 4.71. The van der Waals surface area contributed by atoms with Crippen molar-refractivity contribution in [3.05, 3.63) is 35.9 Å². The molecule has 83 valence electrons. The van der Waals surface area contributed by atoms with E-state index in [4.69, 9.17) is 0 Å². The van der Waals surface area contributed by atoms with Crippen molar-refractivity contribution in [3.8, 4) is 0 Å². The Balaban J connectivity index is 2.50. The molecule has 0 bridgehead atoms. The highest BCUT2D eigenvalue weighted by Gasteiger charge is 2.09. The smallest absolute Gasteiger partial charge is 0.215 e. The van der Waals surface area contributed by atoms with Crippen LogP contribution in [0.25, 0.3) is 0 Å². The molecule has 0 aliphatic rings. The van der Waals surface area contributed by atoms with Gasteiger partial charge < -0.3 is 0 Å². The van der Waals surface area contributed by atoms with Crippen molar-refractivity contribution in [1.29, 1.82) is 0 Å². The highest BCUT2D eigenvalue weighted by atomic mass is 32.2. The molecule has 0 aliphatic carbocycles. The molecule has 0 saturated heterocycles. The Morgan fingerprint density at radius 2 is 1.93 bits per heavy atom. The Morgan fingerprint density at radius 1 is 1.27 bits per heavy atom. The summed E-state index contributed by atoms with van der Waals surface area (Å²) in [5, 5.41) is 3.82. The van der Waals surface area contributed by atoms with Crippen LogP contribution in [0.3, 0.4) is 0 Å². The van der Waals surface area contributed by atoms with Gasteiger partial charge in [-0.25, -0.2) is 18.5 Å². The van der Waals surface area contributed by atoms with Gasteiger partial charge in [0, 0.05) is 20.1 Å². The van der Waals surface area contributed by atoms with Gasteiger partial charge in [0.2, 0.25) is 10.0 Å². The fourth-order valence-electron chi connectivity index (χ4n) is 1.16. The normalized spacial score (nSPS) is 11.5. The van der Waals surface area contributed by atoms with Crippen LogP contribution in [-0.4, -0.2) is 28.6 Å². The molecule has 0 heterocycles. The summed E-state index contributed by atoms with van der Waals surface area (Å²) < 4.78 is 25.5. The molecule has 0 aliphatic heterocycles. The van der Waals surface area contributed by atoms with Gasteiger partial charge in [-0.3, -0.25) is 0 Å². The molecule has 4 nitrogen and oxygen atoms in total. The second-order valence-electron chi connectivity index (χ2n) is 3.18. The van der Waals surface area contributed by atoms with Gasteiger partial charge >= 0.3 is 0 Å². The minimum absolute atomic E-state index is 0.0254. The number of hydrogen-bond donors (Lipinski definition) is 1. The van der Waals surface area contributed by atoms with E-state index in [2.05, 4.69) is 10.0 Å². The van der Waals surface area contributed by atoms with Gasteiger partial charge in [0.1, 0.15) is 0 Å². The second kappa shape index (κ2) is 5.85. The third-order valence-corrected chi connectivity index (χ3v) is 3.21. The zero-order valence-electron chi connectivity index (χ0n) is 8.68. The minimum atomic E-state index is -3.22. The van der Waals surface area contributed by atoms with Crippen LogP contribution in [0.1, 0.15) is 5.56 Å². The van der Waals surface area contributed by atoms with Crippen LogP contribution in [0.2, 0.25) is 0 Å². The van der Waals surface area contributed by atoms with Crippen LogP contribution in [0.5, 0.6) is 0 Å². The minimum Gasteiger partial charge on any atom is -0.244 e. The summed E-state index contributed by atoms with van der Waals surface area (Å²) >= 11 is 0. The van der Waals surface area contributed by atoms with Crippen molar-refractivity contribution in [1.82, 2.24) is 10.0 Å². The Labute approximate surface area is 90.8 Å². The summed E-state index contributed by atoms with van der Waals surface area (Å²) in [6.07, 6.45) is 0. The van der Waals surface area contributed by atoms with Crippen molar-refractivity contribution in [2.45, 2.75) is 5.75 Å². The molecule has 1 N–H and O–H groups in total. The number of benzene rings is 1. The van der Waals surface area contributed by atoms with Gasteiger partial charge in [-0.15, -0.1) is 0 Å². The molecule has 1 aromatic rings. The molecule has 15 heavy (non-hydrogen) atoms. The van der Waals surface area contributed by atoms with E-state index in [0.29, 0.717) is 13.1 Å². The Hall–Kier alpha value is -0.910. The standard InChI is InChI=1S/C10H15N2O2S/c1-11-7-8-12-15(13,14)9-10-5-3-2-4-6-10/h2-6,12H,7-9H2,1H3. The van der Waals surface area contributed by atoms with Gasteiger partial charge in [-0.2, -0.15) is 0 Å². The molecule has 0 amide bonds. The van der Waals surface area contributed by atoms with E-state index < -0.39 is 10.0 Å². The molecule has 0 fully saturated rings. The van der Waals surface area contributed by atoms with E-state index in [1.165, 1.54) is 0 Å². The van der Waals surface area contributed by atoms with Crippen molar-refractivity contribution in [2.75, 3.05) is 20.1 Å². The fourth-order valence-corrected chi connectivity index (χ4v) is 2.29. The lowest BCUT2D eigenvalue weighted by molar-refractivity contribution is 0.578. The van der Waals surface area contributed by atoms with Crippen LogP contribution in [0.4, 0.5) is 0 Å². The van der Waals surface area contributed by atoms with E-state index in [0.717, 1.165) is 5.56 Å². The van der Waals surface area contributed by atoms with E-state index in [-0.39, 0.29) is 5.75 Å². The lowest BCUT2D eigenvalue weighted by Crippen LogP contribution is -2.29. The molecular weight excluding hydrogens is 212 g/mol. The average molecular weight is 227 g/mol. The van der Waals surface area contributed by atoms with E-state index in [1.807, 2.05) is 18.2 Å². The maximum absolute atomic E-state index is 11.5. The quantitative estimate of drug-likeness (QED) is 0.712. The van der Waals surface area contributed by atoms with Crippen molar-refractivity contribution in [2.24, 2.45) is 0 Å². The van der Waals surface area contributed by atoms with E-state index in [9.17, 15) is 8.42 Å². The third kappa shape index (κ3) is 4.92. The maximum atomic E-state index is 11.5. The average Bonchev–Trinajstić information content (AvgIpc) is 2.18. The van der Waals surface area contributed by atoms with Gasteiger partial charge in [0.15, 0.2) is 0 Å². The van der Waals surface area contributed by atoms with Gasteiger partial charge in [-0.05, 0) is 5.56 Å². The zero-order valence-corrected chi connectivity index (χ0v) is 9.50. The molecular formula is C10H15N2O2S. The van der Waals surface area contributed by atoms with Crippen LogP contribution < -0.4 is 10.0 Å². The van der Waals surface area contributed by atoms with Crippen LogP contribution in [0, 0.1) is 0 Å². The molecule has 0 atom stereocenters. The zero-order chi connectivity index (χ0) is 11.1. The van der Waals surface area contributed by atoms with Gasteiger partial charge in [0.25, 0.3) is 0 Å². The summed E-state index contributed by atoms with van der Waals surface area (Å²) in [6, 6.07) is 9.10. The molecule has 0 spiro atoms. The fraction of sp³-hybridized carbons (Fsp3) is 0.400. The first-order valence-corrected chi connectivity index (χ1v) is 6.36. The van der Waals surface area contributed by atoms with E-state index >= 15 is 0 Å². The Morgan fingerprint density at radius 3 is 2.53 bits per heavy atom. The van der Waals surface area contributed by atoms with Crippen molar-refractivity contribution in [3.63, 3.8) is 0 Å². The van der Waals surface area contributed by atoms with Crippen LogP contribution in [0.15, 0.2) is 30.3 Å². The predicted molar refractivity (Wildman–Crippen MR) is 60.0 cm³/mol. The number of rotatable bonds is 6. The number of sulfonamides is 1. The van der Waals surface area contributed by atoms with Gasteiger partial charge in [-0.1, -0.05) is 30.3 Å². The van der Waals surface area contributed by atoms with Crippen molar-refractivity contribution >= 4 is 10.0 Å². The SMILES string of the molecule is C[N]CCNS(=O)(=O)Cc1ccccc1. The second-order valence-corrected chi connectivity index (χ2v) is 4.99.